The highest BCUT2D eigenvalue weighted by Crippen LogP contribution is 2.29. The first kappa shape index (κ1) is 16.7. The van der Waals surface area contributed by atoms with E-state index in [0.29, 0.717) is 5.56 Å². The van der Waals surface area contributed by atoms with Crippen LogP contribution in [0.3, 0.4) is 0 Å². The maximum atomic E-state index is 12.4. The van der Waals surface area contributed by atoms with Crippen LogP contribution < -0.4 is 5.32 Å². The highest BCUT2D eigenvalue weighted by molar-refractivity contribution is 5.96. The van der Waals surface area contributed by atoms with Gasteiger partial charge in [0.25, 0.3) is 0 Å². The summed E-state index contributed by atoms with van der Waals surface area (Å²) in [6, 6.07) is 4.27. The van der Waals surface area contributed by atoms with E-state index in [1.807, 2.05) is 0 Å². The van der Waals surface area contributed by atoms with E-state index in [9.17, 15) is 22.8 Å². The SMILES string of the molecule is C=C(CC(=O)OCc1ccc(C(F)(F)F)cc1)C(=O)NC. The average molecular weight is 301 g/mol. The molecule has 0 saturated heterocycles. The molecule has 1 aromatic carbocycles. The molecule has 7 heteroatoms. The molecule has 0 aliphatic heterocycles. The number of nitrogens with one attached hydrogen (secondary N) is 1. The fourth-order valence-corrected chi connectivity index (χ4v) is 1.44. The van der Waals surface area contributed by atoms with E-state index in [4.69, 9.17) is 4.74 Å². The van der Waals surface area contributed by atoms with Crippen molar-refractivity contribution in [3.05, 3.63) is 47.5 Å². The Hall–Kier alpha value is -2.31. The first-order valence-electron chi connectivity index (χ1n) is 5.95. The van der Waals surface area contributed by atoms with Crippen LogP contribution in [-0.2, 0) is 27.1 Å². The highest BCUT2D eigenvalue weighted by atomic mass is 19.4. The average Bonchev–Trinajstić information content (AvgIpc) is 2.43. The lowest BCUT2D eigenvalue weighted by Crippen LogP contribution is -2.21. The molecule has 4 nitrogen and oxygen atoms in total. The van der Waals surface area contributed by atoms with E-state index in [0.717, 1.165) is 12.1 Å². The molecule has 0 aliphatic carbocycles. The molecule has 0 unspecified atom stereocenters. The largest absolute Gasteiger partial charge is 0.461 e. The van der Waals surface area contributed by atoms with E-state index < -0.39 is 23.6 Å². The zero-order valence-corrected chi connectivity index (χ0v) is 11.3. The maximum Gasteiger partial charge on any atom is 0.416 e. The lowest BCUT2D eigenvalue weighted by Gasteiger charge is -2.09. The van der Waals surface area contributed by atoms with E-state index in [1.165, 1.54) is 19.2 Å². The molecular weight excluding hydrogens is 287 g/mol. The van der Waals surface area contributed by atoms with Gasteiger partial charge in [0, 0.05) is 12.6 Å². The molecule has 1 aromatic rings. The molecule has 0 radical (unpaired) electrons. The van der Waals surface area contributed by atoms with Crippen LogP contribution in [0, 0.1) is 0 Å². The van der Waals surface area contributed by atoms with Crippen LogP contribution in [-0.4, -0.2) is 18.9 Å². The molecule has 1 amide bonds. The molecular formula is C14H14F3NO3. The molecule has 1 N–H and O–H groups in total. The van der Waals surface area contributed by atoms with Gasteiger partial charge in [0.2, 0.25) is 5.91 Å². The van der Waals surface area contributed by atoms with Crippen LogP contribution in [0.15, 0.2) is 36.4 Å². The molecule has 0 fully saturated rings. The van der Waals surface area contributed by atoms with E-state index in [1.54, 1.807) is 0 Å². The van der Waals surface area contributed by atoms with Gasteiger partial charge in [-0.25, -0.2) is 0 Å². The van der Waals surface area contributed by atoms with Crippen LogP contribution >= 0.6 is 0 Å². The Balaban J connectivity index is 2.50. The van der Waals surface area contributed by atoms with Crippen LogP contribution in [0.4, 0.5) is 13.2 Å². The van der Waals surface area contributed by atoms with E-state index >= 15 is 0 Å². The summed E-state index contributed by atoms with van der Waals surface area (Å²) in [5.41, 5.74) is -0.303. The normalized spacial score (nSPS) is 10.9. The Labute approximate surface area is 119 Å². The molecule has 0 atom stereocenters. The number of ether oxygens (including phenoxy) is 1. The van der Waals surface area contributed by atoms with Crippen molar-refractivity contribution in [1.82, 2.24) is 5.32 Å². The third-order valence-electron chi connectivity index (χ3n) is 2.59. The summed E-state index contributed by atoms with van der Waals surface area (Å²) in [5.74, 6) is -1.15. The Morgan fingerprint density at radius 3 is 2.29 bits per heavy atom. The maximum absolute atomic E-state index is 12.4. The number of hydrogen-bond acceptors (Lipinski definition) is 3. The van der Waals surface area contributed by atoms with Gasteiger partial charge in [-0.2, -0.15) is 13.2 Å². The zero-order valence-electron chi connectivity index (χ0n) is 11.3. The van der Waals surface area contributed by atoms with Crippen LogP contribution in [0.2, 0.25) is 0 Å². The van der Waals surface area contributed by atoms with Gasteiger partial charge >= 0.3 is 12.1 Å². The van der Waals surface area contributed by atoms with Crippen molar-refractivity contribution in [3.63, 3.8) is 0 Å². The van der Waals surface area contributed by atoms with Crippen molar-refractivity contribution in [2.45, 2.75) is 19.2 Å². The minimum absolute atomic E-state index is 0.0509. The minimum Gasteiger partial charge on any atom is -0.461 e. The van der Waals surface area contributed by atoms with Crippen molar-refractivity contribution in [3.8, 4) is 0 Å². The lowest BCUT2D eigenvalue weighted by molar-refractivity contribution is -0.144. The summed E-state index contributed by atoms with van der Waals surface area (Å²) in [7, 11) is 1.40. The number of amides is 1. The number of hydrogen-bond donors (Lipinski definition) is 1. The third kappa shape index (κ3) is 5.29. The second kappa shape index (κ2) is 6.92. The predicted octanol–water partition coefficient (Wildman–Crippen LogP) is 2.44. The molecule has 114 valence electrons. The standard InChI is InChI=1S/C14H14F3NO3/c1-9(13(20)18-2)7-12(19)21-8-10-3-5-11(6-4-10)14(15,16)17/h3-6H,1,7-8H2,2H3,(H,18,20). The monoisotopic (exact) mass is 301 g/mol. The molecule has 0 spiro atoms. The van der Waals surface area contributed by atoms with Gasteiger partial charge in [-0.1, -0.05) is 18.7 Å². The van der Waals surface area contributed by atoms with Gasteiger partial charge < -0.3 is 10.1 Å². The van der Waals surface area contributed by atoms with Crippen molar-refractivity contribution in [2.75, 3.05) is 7.05 Å². The van der Waals surface area contributed by atoms with Crippen molar-refractivity contribution >= 4 is 11.9 Å². The van der Waals surface area contributed by atoms with Gasteiger partial charge in [-0.05, 0) is 17.7 Å². The summed E-state index contributed by atoms with van der Waals surface area (Å²) in [6.45, 7) is 3.25. The molecule has 21 heavy (non-hydrogen) atoms. The molecule has 0 aliphatic rings. The predicted molar refractivity (Wildman–Crippen MR) is 69.1 cm³/mol. The van der Waals surface area contributed by atoms with Gasteiger partial charge in [0.1, 0.15) is 6.61 Å². The van der Waals surface area contributed by atoms with E-state index in [2.05, 4.69) is 11.9 Å². The van der Waals surface area contributed by atoms with Crippen LogP contribution in [0.25, 0.3) is 0 Å². The molecule has 0 bridgehead atoms. The van der Waals surface area contributed by atoms with E-state index in [-0.39, 0.29) is 18.6 Å². The fourth-order valence-electron chi connectivity index (χ4n) is 1.44. The van der Waals surface area contributed by atoms with Crippen molar-refractivity contribution in [2.24, 2.45) is 0 Å². The molecule has 0 saturated carbocycles. The van der Waals surface area contributed by atoms with Crippen molar-refractivity contribution < 1.29 is 27.5 Å². The number of carbonyl (C=O) groups is 2. The Bertz CT molecular complexity index is 535. The van der Waals surface area contributed by atoms with Gasteiger partial charge in [0.15, 0.2) is 0 Å². The molecule has 1 rings (SSSR count). The Morgan fingerprint density at radius 1 is 1.24 bits per heavy atom. The lowest BCUT2D eigenvalue weighted by atomic mass is 10.1. The van der Waals surface area contributed by atoms with Crippen LogP contribution in [0.5, 0.6) is 0 Å². The number of likely N-dealkylation sites (N-methyl/N-ethyl adjacent to an activating group) is 1. The number of halogens is 3. The zero-order chi connectivity index (χ0) is 16.0. The topological polar surface area (TPSA) is 55.4 Å². The fraction of sp³-hybridized carbons (Fsp3) is 0.286. The quantitative estimate of drug-likeness (QED) is 0.671. The third-order valence-corrected chi connectivity index (χ3v) is 2.59. The van der Waals surface area contributed by atoms with Crippen LogP contribution in [0.1, 0.15) is 17.5 Å². The van der Waals surface area contributed by atoms with Gasteiger partial charge in [0.05, 0.1) is 12.0 Å². The second-order valence-corrected chi connectivity index (χ2v) is 4.21. The number of benzene rings is 1. The Kier molecular flexibility index (Phi) is 5.52. The number of alkyl halides is 3. The Morgan fingerprint density at radius 2 is 1.81 bits per heavy atom. The smallest absolute Gasteiger partial charge is 0.416 e. The molecule has 0 aromatic heterocycles. The minimum atomic E-state index is -4.40. The molecule has 0 heterocycles. The van der Waals surface area contributed by atoms with Gasteiger partial charge in [-0.15, -0.1) is 0 Å². The second-order valence-electron chi connectivity index (χ2n) is 4.21. The summed E-state index contributed by atoms with van der Waals surface area (Å²) in [6.07, 6.45) is -4.68. The summed E-state index contributed by atoms with van der Waals surface area (Å²) in [5, 5.41) is 2.31. The summed E-state index contributed by atoms with van der Waals surface area (Å²) >= 11 is 0. The number of esters is 1. The summed E-state index contributed by atoms with van der Waals surface area (Å²) in [4.78, 5) is 22.6. The number of carbonyl (C=O) groups excluding carboxylic acids is 2. The summed E-state index contributed by atoms with van der Waals surface area (Å²) < 4.78 is 41.9. The number of rotatable bonds is 5. The highest BCUT2D eigenvalue weighted by Gasteiger charge is 2.29. The first-order valence-corrected chi connectivity index (χ1v) is 5.95. The van der Waals surface area contributed by atoms with Crippen molar-refractivity contribution in [1.29, 1.82) is 0 Å². The van der Waals surface area contributed by atoms with Gasteiger partial charge in [-0.3, -0.25) is 9.59 Å². The first-order chi connectivity index (χ1) is 9.74.